The lowest BCUT2D eigenvalue weighted by Gasteiger charge is -2.28. The molecule has 0 aromatic carbocycles. The molecule has 2 atom stereocenters. The van der Waals surface area contributed by atoms with E-state index < -0.39 is 0 Å². The highest BCUT2D eigenvalue weighted by Crippen LogP contribution is 2.29. The van der Waals surface area contributed by atoms with E-state index >= 15 is 0 Å². The Bertz CT molecular complexity index is 373. The maximum atomic E-state index is 6.03. The number of nitrogens with zero attached hydrogens (tertiary/aromatic N) is 1. The lowest BCUT2D eigenvalue weighted by atomic mass is 10.0. The van der Waals surface area contributed by atoms with E-state index in [-0.39, 0.29) is 0 Å². The van der Waals surface area contributed by atoms with Crippen LogP contribution in [0.2, 0.25) is 0 Å². The zero-order valence-corrected chi connectivity index (χ0v) is 11.3. The molecule has 94 valence electrons. The largest absolute Gasteiger partial charge is 0.371 e. The first kappa shape index (κ1) is 11.6. The molecule has 1 aromatic heterocycles. The summed E-state index contributed by atoms with van der Waals surface area (Å²) < 4.78 is 6.03. The van der Waals surface area contributed by atoms with Gasteiger partial charge in [-0.1, -0.05) is 0 Å². The van der Waals surface area contributed by atoms with Crippen molar-refractivity contribution in [1.82, 2.24) is 10.3 Å². The van der Waals surface area contributed by atoms with Crippen LogP contribution < -0.4 is 5.32 Å². The van der Waals surface area contributed by atoms with Gasteiger partial charge < -0.3 is 10.1 Å². The van der Waals surface area contributed by atoms with Crippen LogP contribution in [-0.2, 0) is 11.3 Å². The Morgan fingerprint density at radius 2 is 2.00 bits per heavy atom. The molecule has 3 nitrogen and oxygen atoms in total. The molecule has 0 saturated carbocycles. The number of rotatable bonds is 3. The fourth-order valence-corrected chi connectivity index (χ4v) is 3.79. The quantitative estimate of drug-likeness (QED) is 0.897. The fourth-order valence-electron chi connectivity index (χ4n) is 2.93. The lowest BCUT2D eigenvalue weighted by molar-refractivity contribution is 0.00907. The molecule has 2 bridgehead atoms. The van der Waals surface area contributed by atoms with Crippen molar-refractivity contribution in [3.05, 3.63) is 15.6 Å². The van der Waals surface area contributed by atoms with Gasteiger partial charge in [0.2, 0.25) is 0 Å². The summed E-state index contributed by atoms with van der Waals surface area (Å²) in [4.78, 5) is 5.84. The molecule has 2 aliphatic heterocycles. The van der Waals surface area contributed by atoms with Crippen molar-refractivity contribution in [2.45, 2.75) is 64.3 Å². The molecule has 2 aliphatic rings. The summed E-state index contributed by atoms with van der Waals surface area (Å²) in [5.41, 5.74) is 1.15. The summed E-state index contributed by atoms with van der Waals surface area (Å²) in [7, 11) is 0. The van der Waals surface area contributed by atoms with Gasteiger partial charge in [-0.25, -0.2) is 4.98 Å². The normalized spacial score (nSPS) is 32.0. The second-order valence-corrected chi connectivity index (χ2v) is 6.58. The third-order valence-corrected chi connectivity index (χ3v) is 4.99. The van der Waals surface area contributed by atoms with Crippen molar-refractivity contribution in [3.8, 4) is 0 Å². The molecule has 4 heteroatoms. The summed E-state index contributed by atoms with van der Waals surface area (Å²) in [6, 6.07) is 1.41. The van der Waals surface area contributed by atoms with Gasteiger partial charge in [-0.15, -0.1) is 11.3 Å². The summed E-state index contributed by atoms with van der Waals surface area (Å²) in [5, 5.41) is 4.77. The van der Waals surface area contributed by atoms with Gasteiger partial charge in [-0.3, -0.25) is 0 Å². The molecular weight excluding hydrogens is 232 g/mol. The molecule has 0 radical (unpaired) electrons. The molecular formula is C13H20N2OS. The smallest absolute Gasteiger partial charge is 0.119 e. The van der Waals surface area contributed by atoms with Gasteiger partial charge in [-0.05, 0) is 39.5 Å². The number of ether oxygens (including phenoxy) is 1. The van der Waals surface area contributed by atoms with E-state index in [0.29, 0.717) is 24.8 Å². The third-order valence-electron chi connectivity index (χ3n) is 3.95. The highest BCUT2D eigenvalue weighted by atomic mass is 32.1. The number of aromatic nitrogens is 1. The molecule has 3 rings (SSSR count). The summed E-state index contributed by atoms with van der Waals surface area (Å²) >= 11 is 1.77. The van der Waals surface area contributed by atoms with Crippen LogP contribution in [0.25, 0.3) is 0 Å². The Morgan fingerprint density at radius 1 is 1.29 bits per heavy atom. The predicted molar refractivity (Wildman–Crippen MR) is 69.3 cm³/mol. The van der Waals surface area contributed by atoms with E-state index in [0.717, 1.165) is 10.7 Å². The van der Waals surface area contributed by atoms with E-state index in [4.69, 9.17) is 4.74 Å². The number of piperidine rings is 1. The number of fused-ring (bicyclic) bond motifs is 2. The zero-order valence-electron chi connectivity index (χ0n) is 10.5. The van der Waals surface area contributed by atoms with Gasteiger partial charge in [0.15, 0.2) is 0 Å². The predicted octanol–water partition coefficient (Wildman–Crippen LogP) is 2.56. The Morgan fingerprint density at radius 3 is 2.59 bits per heavy atom. The summed E-state index contributed by atoms with van der Waals surface area (Å²) in [5.74, 6) is 0. The van der Waals surface area contributed by atoms with Crippen molar-refractivity contribution >= 4 is 11.3 Å². The van der Waals surface area contributed by atoms with Gasteiger partial charge in [0.1, 0.15) is 5.01 Å². The fraction of sp³-hybridized carbons (Fsp3) is 0.769. The molecule has 2 fully saturated rings. The minimum atomic E-state index is 0.443. The molecule has 17 heavy (non-hydrogen) atoms. The van der Waals surface area contributed by atoms with Gasteiger partial charge >= 0.3 is 0 Å². The van der Waals surface area contributed by atoms with Crippen molar-refractivity contribution in [2.75, 3.05) is 0 Å². The SMILES string of the molecule is Cc1nc(COC2CC3CCC(C2)N3)sc1C. The molecule has 0 aliphatic carbocycles. The lowest BCUT2D eigenvalue weighted by Crippen LogP contribution is -2.41. The number of nitrogens with one attached hydrogen (secondary N) is 1. The second-order valence-electron chi connectivity index (χ2n) is 5.29. The van der Waals surface area contributed by atoms with E-state index in [9.17, 15) is 0 Å². The molecule has 3 heterocycles. The van der Waals surface area contributed by atoms with Crippen LogP contribution in [0.1, 0.15) is 41.3 Å². The average molecular weight is 252 g/mol. The van der Waals surface area contributed by atoms with Gasteiger partial charge in [0.25, 0.3) is 0 Å². The Balaban J connectivity index is 1.54. The first-order valence-electron chi connectivity index (χ1n) is 6.51. The van der Waals surface area contributed by atoms with Crippen LogP contribution in [-0.4, -0.2) is 23.2 Å². The van der Waals surface area contributed by atoms with E-state index in [2.05, 4.69) is 24.1 Å². The van der Waals surface area contributed by atoms with Gasteiger partial charge in [0, 0.05) is 17.0 Å². The Kier molecular flexibility index (Phi) is 3.19. The first-order chi connectivity index (χ1) is 8.20. The van der Waals surface area contributed by atoms with Crippen molar-refractivity contribution < 1.29 is 4.74 Å². The van der Waals surface area contributed by atoms with Crippen LogP contribution in [0, 0.1) is 13.8 Å². The van der Waals surface area contributed by atoms with Crippen LogP contribution in [0.4, 0.5) is 0 Å². The maximum absolute atomic E-state index is 6.03. The van der Waals surface area contributed by atoms with E-state index in [1.54, 1.807) is 11.3 Å². The van der Waals surface area contributed by atoms with Crippen LogP contribution in [0.5, 0.6) is 0 Å². The number of aryl methyl sites for hydroxylation is 2. The monoisotopic (exact) mass is 252 g/mol. The minimum Gasteiger partial charge on any atom is -0.371 e. The van der Waals surface area contributed by atoms with Crippen molar-refractivity contribution in [1.29, 1.82) is 0 Å². The molecule has 0 spiro atoms. The van der Waals surface area contributed by atoms with Gasteiger partial charge in [-0.2, -0.15) is 0 Å². The number of thiazole rings is 1. The van der Waals surface area contributed by atoms with Crippen LogP contribution in [0.3, 0.4) is 0 Å². The Hall–Kier alpha value is -0.450. The van der Waals surface area contributed by atoms with Crippen molar-refractivity contribution in [2.24, 2.45) is 0 Å². The van der Waals surface area contributed by atoms with Crippen molar-refractivity contribution in [3.63, 3.8) is 0 Å². The Labute approximate surface area is 107 Å². The standard InChI is InChI=1S/C13H20N2OS/c1-8-9(2)17-13(14-8)7-16-12-5-10-3-4-11(6-12)15-10/h10-12,15H,3-7H2,1-2H3. The summed E-state index contributed by atoms with van der Waals surface area (Å²) in [6.07, 6.45) is 5.47. The third kappa shape index (κ3) is 2.54. The molecule has 1 N–H and O–H groups in total. The molecule has 2 saturated heterocycles. The number of hydrogen-bond acceptors (Lipinski definition) is 4. The minimum absolute atomic E-state index is 0.443. The molecule has 0 amide bonds. The first-order valence-corrected chi connectivity index (χ1v) is 7.33. The highest BCUT2D eigenvalue weighted by Gasteiger charge is 2.33. The summed E-state index contributed by atoms with van der Waals surface area (Å²) in [6.45, 7) is 4.89. The van der Waals surface area contributed by atoms with Crippen LogP contribution >= 0.6 is 11.3 Å². The van der Waals surface area contributed by atoms with Gasteiger partial charge in [0.05, 0.1) is 18.4 Å². The number of hydrogen-bond donors (Lipinski definition) is 1. The van der Waals surface area contributed by atoms with Crippen LogP contribution in [0.15, 0.2) is 0 Å². The highest BCUT2D eigenvalue weighted by molar-refractivity contribution is 7.11. The topological polar surface area (TPSA) is 34.1 Å². The van der Waals surface area contributed by atoms with E-state index in [1.165, 1.54) is 30.6 Å². The zero-order chi connectivity index (χ0) is 11.8. The molecule has 2 unspecified atom stereocenters. The maximum Gasteiger partial charge on any atom is 0.119 e. The molecule has 1 aromatic rings. The van der Waals surface area contributed by atoms with E-state index in [1.807, 2.05) is 0 Å². The average Bonchev–Trinajstić information content (AvgIpc) is 2.80. The second kappa shape index (κ2) is 4.67.